The molecule has 2 aromatic carbocycles. The number of likely N-dealkylation sites (tertiary alicyclic amines) is 1. The van der Waals surface area contributed by atoms with Crippen molar-refractivity contribution in [2.24, 2.45) is 5.92 Å². The van der Waals surface area contributed by atoms with Crippen molar-refractivity contribution in [1.82, 2.24) is 9.80 Å². The number of rotatable bonds is 6. The molecule has 31 heavy (non-hydrogen) atoms. The van der Waals surface area contributed by atoms with Gasteiger partial charge in [-0.2, -0.15) is 0 Å². The van der Waals surface area contributed by atoms with Crippen LogP contribution in [0.2, 0.25) is 0 Å². The summed E-state index contributed by atoms with van der Waals surface area (Å²) in [6, 6.07) is 15.6. The summed E-state index contributed by atoms with van der Waals surface area (Å²) in [4.78, 5) is 31.6. The maximum absolute atomic E-state index is 12.7. The first kappa shape index (κ1) is 21.2. The van der Waals surface area contributed by atoms with E-state index in [9.17, 15) is 9.59 Å². The van der Waals surface area contributed by atoms with Crippen molar-refractivity contribution in [2.75, 3.05) is 57.1 Å². The molecule has 2 amide bonds. The highest BCUT2D eigenvalue weighted by Crippen LogP contribution is 2.24. The fourth-order valence-corrected chi connectivity index (χ4v) is 4.12. The Labute approximate surface area is 183 Å². The van der Waals surface area contributed by atoms with Crippen LogP contribution in [-0.2, 0) is 16.1 Å². The number of carbonyl (C=O) groups excluding carboxylic acids is 2. The lowest BCUT2D eigenvalue weighted by Crippen LogP contribution is -2.44. The molecule has 2 fully saturated rings. The number of nitrogens with zero attached hydrogens (tertiary/aromatic N) is 3. The van der Waals surface area contributed by atoms with Gasteiger partial charge in [-0.15, -0.1) is 0 Å². The Balaban J connectivity index is 1.30. The number of amides is 2. The van der Waals surface area contributed by atoms with Crippen LogP contribution in [0.5, 0.6) is 5.75 Å². The summed E-state index contributed by atoms with van der Waals surface area (Å²) in [5, 5.41) is 2.98. The Kier molecular flexibility index (Phi) is 6.42. The van der Waals surface area contributed by atoms with Crippen LogP contribution < -0.4 is 15.0 Å². The predicted octanol–water partition coefficient (Wildman–Crippen LogP) is 2.43. The Hall–Kier alpha value is -3.06. The van der Waals surface area contributed by atoms with Crippen LogP contribution >= 0.6 is 0 Å². The molecule has 0 aliphatic carbocycles. The summed E-state index contributed by atoms with van der Waals surface area (Å²) in [5.74, 6) is 0.370. The van der Waals surface area contributed by atoms with Gasteiger partial charge >= 0.3 is 0 Å². The number of carbonyl (C=O) groups is 2. The third-order valence-corrected chi connectivity index (χ3v) is 6.12. The van der Waals surface area contributed by atoms with Crippen molar-refractivity contribution in [1.29, 1.82) is 0 Å². The minimum Gasteiger partial charge on any atom is -0.497 e. The first-order valence-electron chi connectivity index (χ1n) is 10.8. The Morgan fingerprint density at radius 1 is 1.03 bits per heavy atom. The molecule has 2 aliphatic rings. The molecule has 2 heterocycles. The van der Waals surface area contributed by atoms with Crippen molar-refractivity contribution >= 4 is 23.2 Å². The average molecular weight is 423 g/mol. The Morgan fingerprint density at radius 3 is 2.35 bits per heavy atom. The summed E-state index contributed by atoms with van der Waals surface area (Å²) in [7, 11) is 3.77. The fourth-order valence-electron chi connectivity index (χ4n) is 4.12. The van der Waals surface area contributed by atoms with Gasteiger partial charge in [0.15, 0.2) is 0 Å². The van der Waals surface area contributed by atoms with E-state index in [0.717, 1.165) is 43.2 Å². The lowest BCUT2D eigenvalue weighted by atomic mass is 10.1. The molecule has 1 atom stereocenters. The van der Waals surface area contributed by atoms with Crippen molar-refractivity contribution in [3.63, 3.8) is 0 Å². The zero-order valence-corrected chi connectivity index (χ0v) is 18.2. The van der Waals surface area contributed by atoms with Gasteiger partial charge in [-0.1, -0.05) is 12.1 Å². The third kappa shape index (κ3) is 5.17. The van der Waals surface area contributed by atoms with Gasteiger partial charge in [-0.3, -0.25) is 9.59 Å². The minimum absolute atomic E-state index is 0.0152. The predicted molar refractivity (Wildman–Crippen MR) is 121 cm³/mol. The topological polar surface area (TPSA) is 65.1 Å². The van der Waals surface area contributed by atoms with Gasteiger partial charge < -0.3 is 24.8 Å². The number of ether oxygens (including phenoxy) is 1. The van der Waals surface area contributed by atoms with Gasteiger partial charge in [-0.05, 0) is 49.0 Å². The van der Waals surface area contributed by atoms with Gasteiger partial charge in [0.25, 0.3) is 0 Å². The van der Waals surface area contributed by atoms with E-state index in [1.54, 1.807) is 12.0 Å². The van der Waals surface area contributed by atoms with Crippen LogP contribution in [0.15, 0.2) is 48.5 Å². The quantitative estimate of drug-likeness (QED) is 0.775. The molecule has 0 bridgehead atoms. The highest BCUT2D eigenvalue weighted by atomic mass is 16.5. The molecule has 2 aliphatic heterocycles. The Morgan fingerprint density at radius 2 is 1.71 bits per heavy atom. The van der Waals surface area contributed by atoms with E-state index in [1.807, 2.05) is 36.4 Å². The molecule has 1 unspecified atom stereocenters. The van der Waals surface area contributed by atoms with E-state index in [4.69, 9.17) is 4.74 Å². The summed E-state index contributed by atoms with van der Waals surface area (Å²) < 4.78 is 5.17. The zero-order chi connectivity index (χ0) is 21.8. The number of piperazine rings is 1. The zero-order valence-electron chi connectivity index (χ0n) is 18.2. The molecule has 2 aromatic rings. The van der Waals surface area contributed by atoms with E-state index in [1.165, 1.54) is 5.69 Å². The molecule has 7 heteroatoms. The molecule has 7 nitrogen and oxygen atoms in total. The van der Waals surface area contributed by atoms with E-state index in [2.05, 4.69) is 34.3 Å². The first-order chi connectivity index (χ1) is 15.0. The first-order valence-corrected chi connectivity index (χ1v) is 10.8. The number of likely N-dealkylation sites (N-methyl/N-ethyl adjacent to an activating group) is 1. The average Bonchev–Trinajstić information content (AvgIpc) is 3.16. The summed E-state index contributed by atoms with van der Waals surface area (Å²) in [6.45, 7) is 5.08. The van der Waals surface area contributed by atoms with Crippen LogP contribution in [0.25, 0.3) is 0 Å². The van der Waals surface area contributed by atoms with Gasteiger partial charge in [0, 0.05) is 57.1 Å². The smallest absolute Gasteiger partial charge is 0.229 e. The van der Waals surface area contributed by atoms with Crippen LogP contribution in [0, 0.1) is 5.92 Å². The summed E-state index contributed by atoms with van der Waals surface area (Å²) >= 11 is 0. The van der Waals surface area contributed by atoms with Crippen LogP contribution in [-0.4, -0.2) is 68.5 Å². The highest BCUT2D eigenvalue weighted by Gasteiger charge is 2.34. The van der Waals surface area contributed by atoms with Crippen LogP contribution in [0.4, 0.5) is 11.4 Å². The van der Waals surface area contributed by atoms with E-state index >= 15 is 0 Å². The third-order valence-electron chi connectivity index (χ3n) is 6.12. The number of benzene rings is 2. The fraction of sp³-hybridized carbons (Fsp3) is 0.417. The van der Waals surface area contributed by atoms with Crippen molar-refractivity contribution < 1.29 is 14.3 Å². The van der Waals surface area contributed by atoms with Gasteiger partial charge in [0.2, 0.25) is 11.8 Å². The van der Waals surface area contributed by atoms with Crippen LogP contribution in [0.1, 0.15) is 12.0 Å². The van der Waals surface area contributed by atoms with Crippen molar-refractivity contribution in [3.05, 3.63) is 54.1 Å². The van der Waals surface area contributed by atoms with Crippen molar-refractivity contribution in [2.45, 2.75) is 13.0 Å². The largest absolute Gasteiger partial charge is 0.497 e. The minimum atomic E-state index is -0.331. The molecule has 164 valence electrons. The maximum Gasteiger partial charge on any atom is 0.229 e. The second-order valence-electron chi connectivity index (χ2n) is 8.35. The second-order valence-corrected chi connectivity index (χ2v) is 8.35. The standard InChI is InChI=1S/C24H30N4O3/c1-26-11-13-27(14-12-26)21-7-5-20(6-8-21)25-24(30)19-15-23(29)28(17-19)16-18-3-9-22(31-2)10-4-18/h3-10,19H,11-17H2,1-2H3,(H,25,30). The second kappa shape index (κ2) is 9.39. The normalized spacial score (nSPS) is 19.5. The summed E-state index contributed by atoms with van der Waals surface area (Å²) in [5.41, 5.74) is 2.96. The molecule has 2 saturated heterocycles. The molecular weight excluding hydrogens is 392 g/mol. The molecular formula is C24H30N4O3. The monoisotopic (exact) mass is 422 g/mol. The number of hydrogen-bond donors (Lipinski definition) is 1. The Bertz CT molecular complexity index is 905. The number of methoxy groups -OCH3 is 1. The molecule has 0 radical (unpaired) electrons. The number of anilines is 2. The maximum atomic E-state index is 12.7. The number of nitrogens with one attached hydrogen (secondary N) is 1. The van der Waals surface area contributed by atoms with E-state index in [0.29, 0.717) is 13.1 Å². The van der Waals surface area contributed by atoms with Crippen LogP contribution in [0.3, 0.4) is 0 Å². The molecule has 1 N–H and O–H groups in total. The summed E-state index contributed by atoms with van der Waals surface area (Å²) in [6.07, 6.45) is 0.251. The molecule has 0 aromatic heterocycles. The van der Waals surface area contributed by atoms with Gasteiger partial charge in [0.05, 0.1) is 13.0 Å². The SMILES string of the molecule is COc1ccc(CN2CC(C(=O)Nc3ccc(N4CCN(C)CC4)cc3)CC2=O)cc1. The highest BCUT2D eigenvalue weighted by molar-refractivity contribution is 5.97. The lowest BCUT2D eigenvalue weighted by Gasteiger charge is -2.34. The van der Waals surface area contributed by atoms with Gasteiger partial charge in [-0.25, -0.2) is 0 Å². The molecule has 0 spiro atoms. The lowest BCUT2D eigenvalue weighted by molar-refractivity contribution is -0.128. The van der Waals surface area contributed by atoms with Crippen molar-refractivity contribution in [3.8, 4) is 5.75 Å². The van der Waals surface area contributed by atoms with Gasteiger partial charge in [0.1, 0.15) is 5.75 Å². The van der Waals surface area contributed by atoms with E-state index < -0.39 is 0 Å². The van der Waals surface area contributed by atoms with E-state index in [-0.39, 0.29) is 24.2 Å². The molecule has 4 rings (SSSR count). The number of hydrogen-bond acceptors (Lipinski definition) is 5. The molecule has 0 saturated carbocycles.